The Morgan fingerprint density at radius 3 is 0.661 bits per heavy atom. The van der Waals surface area contributed by atoms with E-state index in [0.29, 0.717) is 19.3 Å². The summed E-state index contributed by atoms with van der Waals surface area (Å²) < 4.78 is 61.6. The van der Waals surface area contributed by atoms with Gasteiger partial charge in [-0.1, -0.05) is 435 Å². The van der Waals surface area contributed by atoms with Crippen molar-refractivity contribution >= 4 is 33.6 Å². The number of phosphoric ester groups is 2. The summed E-state index contributed by atoms with van der Waals surface area (Å²) in [6.07, 6.45) is 131. The number of aliphatic hydroxyl groups is 2. The molecule has 0 aromatic carbocycles. The maximum Gasteiger partial charge on any atom is 0.472 e. The van der Waals surface area contributed by atoms with Gasteiger partial charge in [0.15, 0.2) is 6.10 Å². The molecule has 0 radical (unpaired) electrons. The molecule has 4 N–H and O–H groups in total. The predicted molar refractivity (Wildman–Crippen MR) is 537 cm³/mol. The molecule has 5 unspecified atom stereocenters. The Morgan fingerprint density at radius 2 is 0.417 bits per heavy atom. The molecule has 18 heteroatoms. The lowest BCUT2D eigenvalue weighted by Crippen LogP contribution is -2.30. The minimum Gasteiger partial charge on any atom is -0.463 e. The molecule has 127 heavy (non-hydrogen) atoms. The highest BCUT2D eigenvalue weighted by Gasteiger charge is 2.30. The molecule has 0 aromatic rings. The van der Waals surface area contributed by atoms with Gasteiger partial charge in [-0.2, -0.15) is 0 Å². The average Bonchev–Trinajstić information content (AvgIpc) is 0.897. The monoisotopic (exact) mass is 1820 g/mol. The van der Waals surface area contributed by atoms with Crippen LogP contribution in [-0.4, -0.2) is 95.9 Å². The molecule has 0 heterocycles. The van der Waals surface area contributed by atoms with Crippen LogP contribution in [0, 0.1) is 0 Å². The fourth-order valence-corrected chi connectivity index (χ4v) is 15.7. The number of unbranched alkanes of at least 4 members (excludes halogenated alkanes) is 46. The quantitative estimate of drug-likeness (QED) is 0.0146. The van der Waals surface area contributed by atoms with E-state index in [1.54, 1.807) is 0 Å². The number of ether oxygens (including phenoxy) is 3. The zero-order valence-electron chi connectivity index (χ0n) is 80.9. The second-order valence-electron chi connectivity index (χ2n) is 34.3. The number of allylic oxidation sites excluding steroid dienone is 28. The number of carbonyl (C=O) groups is 3. The lowest BCUT2D eigenvalue weighted by Gasteiger charge is -2.21. The fraction of sp³-hybridized carbons (Fsp3) is 0.716. The summed E-state index contributed by atoms with van der Waals surface area (Å²) in [6.45, 7) is 2.55. The second-order valence-corrected chi connectivity index (χ2v) is 37.2. The van der Waals surface area contributed by atoms with E-state index < -0.39 is 91.5 Å². The Hall–Kier alpha value is -5.09. The van der Waals surface area contributed by atoms with Crippen molar-refractivity contribution in [1.82, 2.24) is 0 Å². The summed E-state index contributed by atoms with van der Waals surface area (Å²) in [4.78, 5) is 59.2. The molecule has 0 fully saturated rings. The first-order valence-electron chi connectivity index (χ1n) is 51.4. The normalized spacial score (nSPS) is 14.4. The highest BCUT2D eigenvalue weighted by atomic mass is 31.2. The first kappa shape index (κ1) is 122. The Kier molecular flexibility index (Phi) is 95.9. The van der Waals surface area contributed by atoms with Crippen molar-refractivity contribution in [3.8, 4) is 0 Å². The SMILES string of the molecule is CC/C=C\C/C=C\C/C=C\C/C=C\C/C=C\C/C=C\CCCCCCC(=O)OC(COC(=O)CCCCCCCCCCCCCCCCCCC/C=C\C/C=C\C/C=C\C/C=C\CCCCC)COP(=O)(O)OCC(O)COP(=O)(O)OCC(O)COC(=O)CCCCCCCCCCCCCCCCCCCCC/C=C\C/C=C\C/C=C\C/C=C\CCCCC. The highest BCUT2D eigenvalue weighted by Crippen LogP contribution is 2.45. The summed E-state index contributed by atoms with van der Waals surface area (Å²) >= 11 is 0. The van der Waals surface area contributed by atoms with Crippen LogP contribution in [0.15, 0.2) is 170 Å². The van der Waals surface area contributed by atoms with Crippen LogP contribution in [0.1, 0.15) is 445 Å². The molecule has 0 rings (SSSR count). The van der Waals surface area contributed by atoms with Crippen molar-refractivity contribution < 1.29 is 75.8 Å². The van der Waals surface area contributed by atoms with Crippen LogP contribution in [0.3, 0.4) is 0 Å². The lowest BCUT2D eigenvalue weighted by atomic mass is 10.0. The van der Waals surface area contributed by atoms with E-state index in [1.165, 1.54) is 244 Å². The number of esters is 3. The summed E-state index contributed by atoms with van der Waals surface area (Å²) in [7, 11) is -9.83. The molecular formula is C109H188O16P2. The van der Waals surface area contributed by atoms with Gasteiger partial charge < -0.3 is 34.2 Å². The zero-order valence-corrected chi connectivity index (χ0v) is 82.7. The van der Waals surface area contributed by atoms with Crippen molar-refractivity contribution in [2.24, 2.45) is 0 Å². The van der Waals surface area contributed by atoms with Crippen LogP contribution in [0.2, 0.25) is 0 Å². The Balaban J connectivity index is 4.56. The van der Waals surface area contributed by atoms with Crippen LogP contribution in [-0.2, 0) is 55.8 Å². The van der Waals surface area contributed by atoms with Gasteiger partial charge in [0, 0.05) is 19.3 Å². The van der Waals surface area contributed by atoms with E-state index in [-0.39, 0.29) is 19.3 Å². The number of aliphatic hydroxyl groups excluding tert-OH is 2. The molecule has 730 valence electrons. The topological polar surface area (TPSA) is 231 Å². The number of carbonyl (C=O) groups excluding carboxylic acids is 3. The van der Waals surface area contributed by atoms with E-state index >= 15 is 0 Å². The van der Waals surface area contributed by atoms with Crippen molar-refractivity contribution in [3.05, 3.63) is 170 Å². The molecule has 0 amide bonds. The maximum absolute atomic E-state index is 13.1. The van der Waals surface area contributed by atoms with Gasteiger partial charge in [0.05, 0.1) is 26.4 Å². The van der Waals surface area contributed by atoms with Gasteiger partial charge in [0.2, 0.25) is 0 Å². The first-order chi connectivity index (χ1) is 62.2. The van der Waals surface area contributed by atoms with Crippen LogP contribution in [0.4, 0.5) is 0 Å². The predicted octanol–water partition coefficient (Wildman–Crippen LogP) is 32.6. The molecule has 0 saturated heterocycles. The lowest BCUT2D eigenvalue weighted by molar-refractivity contribution is -0.161. The molecule has 16 nitrogen and oxygen atoms in total. The standard InChI is InChI=1S/C109H188O16P2/c1-4-7-10-13-16-19-22-25-28-31-34-37-40-42-44-46-48-50-51-53-55-56-58-60-63-65-68-71-74-77-80-83-86-89-92-95-107(112)119-98-104(110)99-121-126(115,116)122-100-105(111)101-123-127(117,118)124-103-106(125-109(114)97-94-91-88-85-82-79-76-73-70-67-62-39-36-33-30-27-24-21-18-15-12-9-6-3)102-120-108(113)96-93-90-87-84-81-78-75-72-69-66-64-61-59-57-54-52-49-47-45-43-41-38-35-32-29-26-23-20-17-14-11-8-5-2/h9,12,16-21,25-30,34-39,42-45,67,70,76,79,104-106,110-111H,4-8,10-11,13-15,22-24,31-33,40-41,46-66,68-69,71-75,77-78,80-103H2,1-3H3,(H,115,116)(H,117,118)/b12-9-,19-16-,20-17-,21-18-,28-25-,29-26-,30-27-,37-34-,38-35-,39-36-,44-42-,45-43-,70-67-,79-76-. The molecule has 0 aliphatic carbocycles. The molecule has 0 aliphatic rings. The van der Waals surface area contributed by atoms with Gasteiger partial charge in [-0.3, -0.25) is 32.5 Å². The van der Waals surface area contributed by atoms with E-state index in [9.17, 15) is 43.5 Å². The third-order valence-electron chi connectivity index (χ3n) is 21.9. The van der Waals surface area contributed by atoms with Crippen molar-refractivity contribution in [1.29, 1.82) is 0 Å². The molecule has 0 aromatic heterocycles. The Bertz CT molecular complexity index is 2990. The summed E-state index contributed by atoms with van der Waals surface area (Å²) in [5, 5.41) is 20.8. The van der Waals surface area contributed by atoms with E-state index in [0.717, 1.165) is 141 Å². The smallest absolute Gasteiger partial charge is 0.463 e. The molecule has 0 saturated carbocycles. The van der Waals surface area contributed by atoms with Gasteiger partial charge in [-0.15, -0.1) is 0 Å². The largest absolute Gasteiger partial charge is 0.472 e. The molecular weight excluding hydrogens is 1630 g/mol. The number of hydrogen-bond acceptors (Lipinski definition) is 14. The first-order valence-corrected chi connectivity index (χ1v) is 54.4. The van der Waals surface area contributed by atoms with Gasteiger partial charge in [0.1, 0.15) is 25.4 Å². The van der Waals surface area contributed by atoms with Gasteiger partial charge in [-0.25, -0.2) is 9.13 Å². The van der Waals surface area contributed by atoms with Crippen LogP contribution in [0.25, 0.3) is 0 Å². The third-order valence-corrected chi connectivity index (χ3v) is 23.8. The van der Waals surface area contributed by atoms with Crippen molar-refractivity contribution in [2.75, 3.05) is 39.6 Å². The second kappa shape index (κ2) is 99.9. The molecule has 5 atom stereocenters. The summed E-state index contributed by atoms with van der Waals surface area (Å²) in [5.74, 6) is -1.59. The highest BCUT2D eigenvalue weighted by molar-refractivity contribution is 7.47. The zero-order chi connectivity index (χ0) is 92.1. The van der Waals surface area contributed by atoms with Crippen LogP contribution >= 0.6 is 15.6 Å². The Labute approximate surface area is 777 Å². The van der Waals surface area contributed by atoms with Gasteiger partial charge in [0.25, 0.3) is 0 Å². The van der Waals surface area contributed by atoms with Gasteiger partial charge in [-0.05, 0) is 161 Å². The van der Waals surface area contributed by atoms with E-state index in [4.69, 9.17) is 32.3 Å². The molecule has 0 aliphatic heterocycles. The minimum atomic E-state index is -4.96. The summed E-state index contributed by atoms with van der Waals surface area (Å²) in [5.41, 5.74) is 0. The van der Waals surface area contributed by atoms with E-state index in [1.807, 2.05) is 0 Å². The van der Waals surface area contributed by atoms with E-state index in [2.05, 4.69) is 191 Å². The van der Waals surface area contributed by atoms with Gasteiger partial charge >= 0.3 is 33.6 Å². The minimum absolute atomic E-state index is 0.0716. The number of hydrogen-bond donors (Lipinski definition) is 4. The third kappa shape index (κ3) is 101. The van der Waals surface area contributed by atoms with Crippen LogP contribution in [0.5, 0.6) is 0 Å². The Morgan fingerprint density at radius 1 is 0.228 bits per heavy atom. The number of rotatable bonds is 97. The van der Waals surface area contributed by atoms with Crippen molar-refractivity contribution in [2.45, 2.75) is 463 Å². The van der Waals surface area contributed by atoms with Crippen LogP contribution < -0.4 is 0 Å². The molecule has 0 spiro atoms. The molecule has 0 bridgehead atoms. The fourth-order valence-electron chi connectivity index (χ4n) is 14.1. The maximum atomic E-state index is 13.1. The number of phosphoric acid groups is 2. The van der Waals surface area contributed by atoms with Crippen molar-refractivity contribution in [3.63, 3.8) is 0 Å². The summed E-state index contributed by atoms with van der Waals surface area (Å²) in [6, 6.07) is 0. The average molecular weight is 1820 g/mol.